The molecule has 1 amide bonds. The molecule has 2 heterocycles. The molecule has 0 atom stereocenters. The van der Waals surface area contributed by atoms with E-state index in [1.165, 1.54) is 0 Å². The van der Waals surface area contributed by atoms with Gasteiger partial charge in [0.15, 0.2) is 11.2 Å². The van der Waals surface area contributed by atoms with Gasteiger partial charge in [0, 0.05) is 17.4 Å². The Hall–Kier alpha value is -2.89. The van der Waals surface area contributed by atoms with Crippen LogP contribution in [-0.2, 0) is 0 Å². The van der Waals surface area contributed by atoms with Crippen LogP contribution in [0.15, 0.2) is 59.1 Å². The van der Waals surface area contributed by atoms with Gasteiger partial charge >= 0.3 is 0 Å². The Morgan fingerprint density at radius 3 is 2.74 bits per heavy atom. The van der Waals surface area contributed by atoms with Crippen LogP contribution < -0.4 is 5.32 Å². The van der Waals surface area contributed by atoms with E-state index >= 15 is 0 Å². The molecule has 0 saturated heterocycles. The van der Waals surface area contributed by atoms with Gasteiger partial charge in [0.05, 0.1) is 15.6 Å². The number of hydrogen-bond donors (Lipinski definition) is 1. The van der Waals surface area contributed by atoms with Crippen LogP contribution in [-0.4, -0.2) is 15.9 Å². The highest BCUT2D eigenvalue weighted by Gasteiger charge is 2.15. The zero-order valence-electron chi connectivity index (χ0n) is 14.2. The quantitative estimate of drug-likeness (QED) is 0.477. The maximum atomic E-state index is 12.5. The Bertz CT molecular complexity index is 1140. The average molecular weight is 398 g/mol. The number of rotatable bonds is 3. The number of amides is 1. The molecule has 134 valence electrons. The summed E-state index contributed by atoms with van der Waals surface area (Å²) in [4.78, 5) is 21.1. The molecule has 0 fully saturated rings. The molecule has 1 N–H and O–H groups in total. The van der Waals surface area contributed by atoms with E-state index in [4.69, 9.17) is 27.6 Å². The van der Waals surface area contributed by atoms with E-state index in [0.29, 0.717) is 33.4 Å². The van der Waals surface area contributed by atoms with Gasteiger partial charge in [-0.05, 0) is 55.0 Å². The van der Waals surface area contributed by atoms with E-state index in [0.717, 1.165) is 11.1 Å². The predicted octanol–water partition coefficient (Wildman–Crippen LogP) is 5.76. The van der Waals surface area contributed by atoms with Crippen molar-refractivity contribution in [3.8, 4) is 11.5 Å². The van der Waals surface area contributed by atoms with Crippen LogP contribution in [0.2, 0.25) is 10.0 Å². The number of hydrogen-bond acceptors (Lipinski definition) is 4. The number of nitrogens with one attached hydrogen (secondary N) is 1. The molecule has 4 aromatic rings. The summed E-state index contributed by atoms with van der Waals surface area (Å²) in [7, 11) is 0. The van der Waals surface area contributed by atoms with E-state index in [2.05, 4.69) is 15.3 Å². The van der Waals surface area contributed by atoms with Crippen LogP contribution in [0.5, 0.6) is 0 Å². The molecule has 27 heavy (non-hydrogen) atoms. The normalized spacial score (nSPS) is 10.9. The molecule has 0 aliphatic carbocycles. The Morgan fingerprint density at radius 2 is 1.96 bits per heavy atom. The Labute approximate surface area is 165 Å². The number of nitrogens with zero attached hydrogens (tertiary/aromatic N) is 2. The lowest BCUT2D eigenvalue weighted by molar-refractivity contribution is 0.102. The summed E-state index contributed by atoms with van der Waals surface area (Å²) in [6.07, 6.45) is 1.67. The maximum absolute atomic E-state index is 12.5. The monoisotopic (exact) mass is 397 g/mol. The van der Waals surface area contributed by atoms with Gasteiger partial charge in [-0.1, -0.05) is 29.3 Å². The van der Waals surface area contributed by atoms with Crippen LogP contribution in [0.3, 0.4) is 0 Å². The molecule has 2 aromatic heterocycles. The van der Waals surface area contributed by atoms with Gasteiger partial charge < -0.3 is 9.73 Å². The molecule has 0 aliphatic rings. The highest BCUT2D eigenvalue weighted by atomic mass is 35.5. The van der Waals surface area contributed by atoms with Gasteiger partial charge in [0.2, 0.25) is 5.89 Å². The fourth-order valence-corrected chi connectivity index (χ4v) is 3.08. The molecule has 0 bridgehead atoms. The number of carbonyl (C=O) groups excluding carboxylic acids is 1. The number of carbonyl (C=O) groups is 1. The number of benzene rings is 2. The fourth-order valence-electron chi connectivity index (χ4n) is 2.70. The maximum Gasteiger partial charge on any atom is 0.257 e. The minimum absolute atomic E-state index is 0.227. The first-order chi connectivity index (χ1) is 13.0. The summed E-state index contributed by atoms with van der Waals surface area (Å²) in [5, 5.41) is 3.42. The summed E-state index contributed by atoms with van der Waals surface area (Å²) in [6, 6.07) is 14.1. The largest absolute Gasteiger partial charge is 0.434 e. The van der Waals surface area contributed by atoms with Crippen molar-refractivity contribution in [2.24, 2.45) is 0 Å². The highest BCUT2D eigenvalue weighted by Crippen LogP contribution is 2.29. The number of aromatic nitrogens is 2. The molecule has 0 unspecified atom stereocenters. The third-order valence-electron chi connectivity index (χ3n) is 4.08. The molecule has 5 nitrogen and oxygen atoms in total. The van der Waals surface area contributed by atoms with Gasteiger partial charge in [-0.15, -0.1) is 0 Å². The van der Waals surface area contributed by atoms with Crippen molar-refractivity contribution in [3.05, 3.63) is 75.9 Å². The molecule has 0 saturated carbocycles. The lowest BCUT2D eigenvalue weighted by Gasteiger charge is -2.10. The van der Waals surface area contributed by atoms with Crippen LogP contribution in [0.4, 0.5) is 5.69 Å². The van der Waals surface area contributed by atoms with Crippen molar-refractivity contribution >= 4 is 46.0 Å². The van der Waals surface area contributed by atoms with Crippen LogP contribution in [0.25, 0.3) is 22.7 Å². The van der Waals surface area contributed by atoms with Gasteiger partial charge in [-0.3, -0.25) is 4.79 Å². The first-order valence-corrected chi connectivity index (χ1v) is 8.86. The minimum atomic E-state index is -0.329. The topological polar surface area (TPSA) is 68.0 Å². The van der Waals surface area contributed by atoms with Crippen LogP contribution in [0, 0.1) is 6.92 Å². The fraction of sp³-hybridized carbons (Fsp3) is 0.0500. The van der Waals surface area contributed by atoms with Crippen LogP contribution >= 0.6 is 23.2 Å². The number of halogens is 2. The number of pyridine rings is 1. The number of fused-ring (bicyclic) bond motifs is 1. The van der Waals surface area contributed by atoms with Gasteiger partial charge in [0.25, 0.3) is 5.91 Å². The summed E-state index contributed by atoms with van der Waals surface area (Å²) in [5.41, 5.74) is 3.81. The molecular weight excluding hydrogens is 385 g/mol. The molecule has 0 aliphatic heterocycles. The zero-order chi connectivity index (χ0) is 19.0. The third-order valence-corrected chi connectivity index (χ3v) is 4.90. The molecule has 0 spiro atoms. The summed E-state index contributed by atoms with van der Waals surface area (Å²) in [5.74, 6) is 0.145. The highest BCUT2D eigenvalue weighted by molar-refractivity contribution is 6.44. The van der Waals surface area contributed by atoms with E-state index in [1.807, 2.05) is 25.1 Å². The number of anilines is 1. The van der Waals surface area contributed by atoms with E-state index in [1.54, 1.807) is 36.5 Å². The van der Waals surface area contributed by atoms with Crippen molar-refractivity contribution in [1.29, 1.82) is 0 Å². The second-order valence-corrected chi connectivity index (χ2v) is 6.71. The van der Waals surface area contributed by atoms with Crippen molar-refractivity contribution < 1.29 is 9.21 Å². The van der Waals surface area contributed by atoms with E-state index in [9.17, 15) is 4.79 Å². The second kappa shape index (κ2) is 7.02. The lowest BCUT2D eigenvalue weighted by atomic mass is 10.1. The standard InChI is InChI=1S/C20H13Cl2N3O2/c1-11-10-12(20-25-18-16(27-20)6-3-9-23-18)7-8-15(11)24-19(26)13-4-2-5-14(21)17(13)22/h2-10H,1H3,(H,24,26). The van der Waals surface area contributed by atoms with Crippen molar-refractivity contribution in [1.82, 2.24) is 9.97 Å². The van der Waals surface area contributed by atoms with E-state index < -0.39 is 0 Å². The summed E-state index contributed by atoms with van der Waals surface area (Å²) in [6.45, 7) is 1.89. The first-order valence-electron chi connectivity index (χ1n) is 8.11. The number of aryl methyl sites for hydroxylation is 1. The average Bonchev–Trinajstić information content (AvgIpc) is 3.09. The van der Waals surface area contributed by atoms with E-state index in [-0.39, 0.29) is 10.9 Å². The Morgan fingerprint density at radius 1 is 1.11 bits per heavy atom. The second-order valence-electron chi connectivity index (χ2n) is 5.93. The molecule has 0 radical (unpaired) electrons. The van der Waals surface area contributed by atoms with Crippen LogP contribution in [0.1, 0.15) is 15.9 Å². The third kappa shape index (κ3) is 3.39. The first kappa shape index (κ1) is 17.5. The van der Waals surface area contributed by atoms with Gasteiger partial charge in [-0.2, -0.15) is 4.98 Å². The molecular formula is C20H13Cl2N3O2. The minimum Gasteiger partial charge on any atom is -0.434 e. The smallest absolute Gasteiger partial charge is 0.257 e. The summed E-state index contributed by atoms with van der Waals surface area (Å²) >= 11 is 12.1. The van der Waals surface area contributed by atoms with Gasteiger partial charge in [0.1, 0.15) is 0 Å². The molecule has 4 rings (SSSR count). The predicted molar refractivity (Wildman–Crippen MR) is 106 cm³/mol. The number of oxazole rings is 1. The lowest BCUT2D eigenvalue weighted by Crippen LogP contribution is -2.13. The summed E-state index contributed by atoms with van der Waals surface area (Å²) < 4.78 is 5.74. The molecule has 7 heteroatoms. The zero-order valence-corrected chi connectivity index (χ0v) is 15.7. The molecule has 2 aromatic carbocycles. The van der Waals surface area contributed by atoms with Gasteiger partial charge in [-0.25, -0.2) is 4.98 Å². The van der Waals surface area contributed by atoms with Crippen molar-refractivity contribution in [2.45, 2.75) is 6.92 Å². The van der Waals surface area contributed by atoms with Crippen molar-refractivity contribution in [3.63, 3.8) is 0 Å². The Kier molecular flexibility index (Phi) is 4.56. The van der Waals surface area contributed by atoms with Crippen molar-refractivity contribution in [2.75, 3.05) is 5.32 Å². The Balaban J connectivity index is 1.62. The SMILES string of the molecule is Cc1cc(-c2nc3ncccc3o2)ccc1NC(=O)c1cccc(Cl)c1Cl.